The Bertz CT molecular complexity index is 1280. The van der Waals surface area contributed by atoms with E-state index in [4.69, 9.17) is 11.6 Å². The first kappa shape index (κ1) is 24.3. The molecule has 0 saturated carbocycles. The number of rotatable bonds is 7. The zero-order valence-corrected chi connectivity index (χ0v) is 18.6. The minimum absolute atomic E-state index is 0.00410. The second-order valence-electron chi connectivity index (χ2n) is 6.84. The first-order chi connectivity index (χ1) is 15.5. The summed E-state index contributed by atoms with van der Waals surface area (Å²) in [5, 5.41) is 2.45. The van der Waals surface area contributed by atoms with Crippen molar-refractivity contribution < 1.29 is 26.4 Å². The van der Waals surface area contributed by atoms with E-state index >= 15 is 0 Å². The molecule has 0 spiro atoms. The molecule has 0 unspecified atom stereocenters. The topological polar surface area (TPSA) is 66.5 Å². The summed E-state index contributed by atoms with van der Waals surface area (Å²) in [6.07, 6.45) is -3.43. The zero-order valence-electron chi connectivity index (χ0n) is 17.0. The average Bonchev–Trinajstić information content (AvgIpc) is 2.77. The van der Waals surface area contributed by atoms with Gasteiger partial charge in [0, 0.05) is 11.3 Å². The van der Waals surface area contributed by atoms with Crippen molar-refractivity contribution in [1.29, 1.82) is 0 Å². The van der Waals surface area contributed by atoms with Crippen molar-refractivity contribution in [3.05, 3.63) is 102 Å². The largest absolute Gasteiger partial charge is 0.416 e. The number of hydrogen-bond donors (Lipinski definition) is 1. The minimum Gasteiger partial charge on any atom is -0.322 e. The molecule has 172 valence electrons. The highest BCUT2D eigenvalue weighted by atomic mass is 35.5. The van der Waals surface area contributed by atoms with Gasteiger partial charge in [0.2, 0.25) is 0 Å². The number of benzene rings is 3. The Hall–Kier alpha value is -3.30. The molecule has 3 aromatic carbocycles. The predicted molar refractivity (Wildman–Crippen MR) is 122 cm³/mol. The summed E-state index contributed by atoms with van der Waals surface area (Å²) in [5.41, 5.74) is -0.727. The van der Waals surface area contributed by atoms with Gasteiger partial charge in [-0.3, -0.25) is 9.10 Å². The lowest BCUT2D eigenvalue weighted by atomic mass is 10.2. The van der Waals surface area contributed by atoms with Crippen LogP contribution in [0.5, 0.6) is 0 Å². The van der Waals surface area contributed by atoms with Crippen LogP contribution in [0.2, 0.25) is 5.02 Å². The number of amides is 1. The third-order valence-corrected chi connectivity index (χ3v) is 6.82. The van der Waals surface area contributed by atoms with E-state index in [2.05, 4.69) is 11.9 Å². The van der Waals surface area contributed by atoms with Crippen LogP contribution in [0.25, 0.3) is 0 Å². The third-order valence-electron chi connectivity index (χ3n) is 4.55. The number of sulfonamides is 1. The maximum absolute atomic E-state index is 13.4. The van der Waals surface area contributed by atoms with E-state index in [-0.39, 0.29) is 22.8 Å². The molecule has 0 fully saturated rings. The highest BCUT2D eigenvalue weighted by Gasteiger charge is 2.33. The van der Waals surface area contributed by atoms with Gasteiger partial charge in [0.05, 0.1) is 22.8 Å². The molecule has 0 aliphatic rings. The van der Waals surface area contributed by atoms with Gasteiger partial charge in [-0.2, -0.15) is 13.2 Å². The summed E-state index contributed by atoms with van der Waals surface area (Å²) in [4.78, 5) is 12.2. The lowest BCUT2D eigenvalue weighted by Crippen LogP contribution is -2.32. The Morgan fingerprint density at radius 1 is 1.03 bits per heavy atom. The fraction of sp³-hybridized carbons (Fsp3) is 0.0870. The fourth-order valence-corrected chi connectivity index (χ4v) is 4.91. The van der Waals surface area contributed by atoms with Crippen LogP contribution in [0.3, 0.4) is 0 Å². The SMILES string of the molecule is C=CCN(c1cccc(C(F)(F)F)c1)S(=O)(=O)c1cc(C(=O)Nc2ccccc2)ccc1Cl. The lowest BCUT2D eigenvalue weighted by molar-refractivity contribution is -0.137. The molecule has 0 heterocycles. The third kappa shape index (κ3) is 5.55. The molecule has 0 atom stereocenters. The van der Waals surface area contributed by atoms with Gasteiger partial charge in [0.1, 0.15) is 4.90 Å². The molecule has 0 bridgehead atoms. The summed E-state index contributed by atoms with van der Waals surface area (Å²) in [6.45, 7) is 3.17. The van der Waals surface area contributed by atoms with Crippen LogP contribution in [0, 0.1) is 0 Å². The monoisotopic (exact) mass is 494 g/mol. The van der Waals surface area contributed by atoms with Crippen molar-refractivity contribution in [3.8, 4) is 0 Å². The number of nitrogens with one attached hydrogen (secondary N) is 1. The van der Waals surface area contributed by atoms with Crippen LogP contribution in [-0.2, 0) is 16.2 Å². The Morgan fingerprint density at radius 2 is 1.73 bits per heavy atom. The maximum Gasteiger partial charge on any atom is 0.416 e. The standard InChI is InChI=1S/C23H18ClF3N2O3S/c1-2-13-29(19-10-6-7-17(15-19)23(25,26)27)33(31,32)21-14-16(11-12-20(21)24)22(30)28-18-8-4-3-5-9-18/h2-12,14-15H,1,13H2,(H,28,30). The van der Waals surface area contributed by atoms with Gasteiger partial charge in [-0.05, 0) is 48.5 Å². The van der Waals surface area contributed by atoms with E-state index in [1.807, 2.05) is 0 Å². The molecule has 3 rings (SSSR count). The van der Waals surface area contributed by atoms with Gasteiger partial charge >= 0.3 is 6.18 Å². The van der Waals surface area contributed by atoms with Crippen molar-refractivity contribution in [2.45, 2.75) is 11.1 Å². The summed E-state index contributed by atoms with van der Waals surface area (Å²) in [6, 6.07) is 16.1. The number of halogens is 4. The fourth-order valence-electron chi connectivity index (χ4n) is 2.98. The predicted octanol–water partition coefficient (Wildman–Crippen LogP) is 5.99. The molecule has 0 saturated heterocycles. The van der Waals surface area contributed by atoms with Gasteiger partial charge in [-0.15, -0.1) is 6.58 Å². The quantitative estimate of drug-likeness (QED) is 0.410. The van der Waals surface area contributed by atoms with E-state index in [9.17, 15) is 26.4 Å². The van der Waals surface area contributed by atoms with Crippen molar-refractivity contribution in [2.75, 3.05) is 16.2 Å². The van der Waals surface area contributed by atoms with Gasteiger partial charge in [-0.1, -0.05) is 41.9 Å². The summed E-state index contributed by atoms with van der Waals surface area (Å²) in [5.74, 6) is -0.580. The van der Waals surface area contributed by atoms with Gasteiger partial charge < -0.3 is 5.32 Å². The molecule has 0 aliphatic carbocycles. The van der Waals surface area contributed by atoms with Crippen molar-refractivity contribution in [1.82, 2.24) is 0 Å². The number of para-hydroxylation sites is 1. The number of alkyl halides is 3. The highest BCUT2D eigenvalue weighted by molar-refractivity contribution is 7.93. The van der Waals surface area contributed by atoms with Crippen molar-refractivity contribution >= 4 is 38.9 Å². The van der Waals surface area contributed by atoms with Gasteiger partial charge in [-0.25, -0.2) is 8.42 Å². The molecule has 0 aromatic heterocycles. The average molecular weight is 495 g/mol. The molecule has 10 heteroatoms. The molecular formula is C23H18ClF3N2O3S. The van der Waals surface area contributed by atoms with E-state index < -0.39 is 32.6 Å². The normalized spacial score (nSPS) is 11.6. The van der Waals surface area contributed by atoms with Gasteiger partial charge in [0.15, 0.2) is 0 Å². The molecule has 1 amide bonds. The minimum atomic E-state index is -4.66. The Morgan fingerprint density at radius 3 is 2.36 bits per heavy atom. The highest BCUT2D eigenvalue weighted by Crippen LogP contribution is 2.34. The first-order valence-electron chi connectivity index (χ1n) is 9.51. The molecule has 5 nitrogen and oxygen atoms in total. The lowest BCUT2D eigenvalue weighted by Gasteiger charge is -2.24. The second-order valence-corrected chi connectivity index (χ2v) is 9.08. The van der Waals surface area contributed by atoms with Crippen molar-refractivity contribution in [2.24, 2.45) is 0 Å². The summed E-state index contributed by atoms with van der Waals surface area (Å²) >= 11 is 6.14. The molecule has 1 N–H and O–H groups in total. The summed E-state index contributed by atoms with van der Waals surface area (Å²) < 4.78 is 67.1. The Balaban J connectivity index is 2.03. The molecule has 3 aromatic rings. The number of hydrogen-bond acceptors (Lipinski definition) is 3. The van der Waals surface area contributed by atoms with Crippen LogP contribution in [0.15, 0.2) is 90.3 Å². The molecule has 33 heavy (non-hydrogen) atoms. The zero-order chi connectivity index (χ0) is 24.2. The van der Waals surface area contributed by atoms with E-state index in [1.165, 1.54) is 24.3 Å². The Kier molecular flexibility index (Phi) is 7.14. The molecule has 0 radical (unpaired) electrons. The summed E-state index contributed by atoms with van der Waals surface area (Å²) in [7, 11) is -4.46. The van der Waals surface area contributed by atoms with E-state index in [0.29, 0.717) is 5.69 Å². The number of carbonyl (C=O) groups excluding carboxylic acids is 1. The number of nitrogens with zero attached hydrogens (tertiary/aromatic N) is 1. The van der Waals surface area contributed by atoms with Crippen LogP contribution >= 0.6 is 11.6 Å². The van der Waals surface area contributed by atoms with Gasteiger partial charge in [0.25, 0.3) is 15.9 Å². The Labute approximate surface area is 194 Å². The van der Waals surface area contributed by atoms with Crippen LogP contribution < -0.4 is 9.62 Å². The molecular weight excluding hydrogens is 477 g/mol. The number of carbonyl (C=O) groups is 1. The van der Waals surface area contributed by atoms with Crippen LogP contribution in [0.1, 0.15) is 15.9 Å². The van der Waals surface area contributed by atoms with Crippen LogP contribution in [0.4, 0.5) is 24.5 Å². The van der Waals surface area contributed by atoms with E-state index in [1.54, 1.807) is 30.3 Å². The smallest absolute Gasteiger partial charge is 0.322 e. The van der Waals surface area contributed by atoms with Crippen molar-refractivity contribution in [3.63, 3.8) is 0 Å². The molecule has 0 aliphatic heterocycles. The first-order valence-corrected chi connectivity index (χ1v) is 11.3. The maximum atomic E-state index is 13.4. The number of anilines is 2. The van der Waals surface area contributed by atoms with E-state index in [0.717, 1.165) is 28.6 Å². The second kappa shape index (κ2) is 9.68. The van der Waals surface area contributed by atoms with Crippen LogP contribution in [-0.4, -0.2) is 20.9 Å².